The average Bonchev–Trinajstić information content (AvgIpc) is 2.39. The van der Waals surface area contributed by atoms with Crippen molar-refractivity contribution in [1.29, 1.82) is 0 Å². The van der Waals surface area contributed by atoms with Crippen LogP contribution in [0.4, 0.5) is 0 Å². The number of hydrogen-bond acceptors (Lipinski definition) is 5. The van der Waals surface area contributed by atoms with Gasteiger partial charge in [-0.2, -0.15) is 0 Å². The van der Waals surface area contributed by atoms with Crippen LogP contribution in [0.1, 0.15) is 19.4 Å². The van der Waals surface area contributed by atoms with Crippen molar-refractivity contribution >= 4 is 11.9 Å². The second-order valence-electron chi connectivity index (χ2n) is 4.29. The van der Waals surface area contributed by atoms with E-state index in [-0.39, 0.29) is 64.4 Å². The molecule has 0 saturated carbocycles. The van der Waals surface area contributed by atoms with Crippen molar-refractivity contribution in [3.05, 3.63) is 47.7 Å². The summed E-state index contributed by atoms with van der Waals surface area (Å²) in [5.74, 6) is -1.72. The zero-order valence-corrected chi connectivity index (χ0v) is 15.7. The number of ether oxygens (including phenoxy) is 1. The van der Waals surface area contributed by atoms with E-state index in [9.17, 15) is 14.7 Å². The number of benzene rings is 1. The molecule has 5 nitrogen and oxygen atoms in total. The van der Waals surface area contributed by atoms with Gasteiger partial charge in [-0.1, -0.05) is 30.3 Å². The fourth-order valence-corrected chi connectivity index (χ4v) is 1.72. The Kier molecular flexibility index (Phi) is 10.6. The van der Waals surface area contributed by atoms with Crippen LogP contribution in [-0.4, -0.2) is 24.6 Å². The summed E-state index contributed by atoms with van der Waals surface area (Å²) >= 11 is 0. The molecular weight excluding hydrogens is 297 g/mol. The molecule has 21 heavy (non-hydrogen) atoms. The molecule has 0 bridgehead atoms. The SMILES string of the molecule is CCOC(=O)/C=C(\C)N[C@H](Cc1ccccc1)C(=O)[O-].[K+]. The molecule has 6 heteroatoms. The van der Waals surface area contributed by atoms with E-state index in [0.717, 1.165) is 5.56 Å². The molecule has 0 fully saturated rings. The molecule has 0 spiro atoms. The molecular formula is C15H18KNO4. The Morgan fingerprint density at radius 1 is 1.33 bits per heavy atom. The molecule has 0 amide bonds. The number of nitrogens with one attached hydrogen (secondary N) is 1. The summed E-state index contributed by atoms with van der Waals surface area (Å²) in [6.07, 6.45) is 1.50. The van der Waals surface area contributed by atoms with E-state index in [4.69, 9.17) is 4.74 Å². The molecule has 1 aromatic rings. The topological polar surface area (TPSA) is 78.5 Å². The molecule has 0 aliphatic heterocycles. The molecule has 0 unspecified atom stereocenters. The quantitative estimate of drug-likeness (QED) is 0.339. The van der Waals surface area contributed by atoms with Crippen molar-refractivity contribution < 1.29 is 70.8 Å². The molecule has 108 valence electrons. The zero-order valence-electron chi connectivity index (χ0n) is 12.6. The van der Waals surface area contributed by atoms with Gasteiger partial charge < -0.3 is 20.0 Å². The van der Waals surface area contributed by atoms with E-state index in [2.05, 4.69) is 5.32 Å². The molecule has 0 saturated heterocycles. The minimum absolute atomic E-state index is 0. The monoisotopic (exact) mass is 315 g/mol. The van der Waals surface area contributed by atoms with E-state index >= 15 is 0 Å². The van der Waals surface area contributed by atoms with Crippen LogP contribution in [0.5, 0.6) is 0 Å². The van der Waals surface area contributed by atoms with Crippen molar-refractivity contribution in [3.8, 4) is 0 Å². The maximum atomic E-state index is 11.3. The number of carboxylic acids is 1. The van der Waals surface area contributed by atoms with Crippen molar-refractivity contribution in [1.82, 2.24) is 5.32 Å². The number of aliphatic carboxylic acids is 1. The van der Waals surface area contributed by atoms with Gasteiger partial charge in [0.25, 0.3) is 0 Å². The number of esters is 1. The number of carbonyl (C=O) groups is 2. The molecule has 0 aliphatic carbocycles. The number of carbonyl (C=O) groups excluding carboxylic acids is 2. The Balaban J connectivity index is 0.00000400. The first-order valence-electron chi connectivity index (χ1n) is 6.39. The minimum Gasteiger partial charge on any atom is -0.548 e. The molecule has 0 radical (unpaired) electrons. The summed E-state index contributed by atoms with van der Waals surface area (Å²) in [5.41, 5.74) is 1.30. The van der Waals surface area contributed by atoms with Gasteiger partial charge in [-0.15, -0.1) is 0 Å². The average molecular weight is 315 g/mol. The second-order valence-corrected chi connectivity index (χ2v) is 4.29. The van der Waals surface area contributed by atoms with Crippen LogP contribution in [0, 0.1) is 0 Å². The summed E-state index contributed by atoms with van der Waals surface area (Å²) in [7, 11) is 0. The normalized spacial score (nSPS) is 12.0. The smallest absolute Gasteiger partial charge is 0.548 e. The van der Waals surface area contributed by atoms with Crippen molar-refractivity contribution in [2.24, 2.45) is 0 Å². The molecule has 0 aliphatic rings. The first-order chi connectivity index (χ1) is 9.52. The van der Waals surface area contributed by atoms with Gasteiger partial charge in [0, 0.05) is 11.8 Å². The van der Waals surface area contributed by atoms with E-state index in [1.165, 1.54) is 6.08 Å². The summed E-state index contributed by atoms with van der Waals surface area (Å²) in [6, 6.07) is 8.30. The van der Waals surface area contributed by atoms with Crippen molar-refractivity contribution in [3.63, 3.8) is 0 Å². The van der Waals surface area contributed by atoms with Gasteiger partial charge in [-0.05, 0) is 25.8 Å². The number of allylic oxidation sites excluding steroid dienone is 1. The van der Waals surface area contributed by atoms with E-state index in [0.29, 0.717) is 5.70 Å². The Bertz CT molecular complexity index is 488. The van der Waals surface area contributed by atoms with Gasteiger partial charge in [0.05, 0.1) is 18.6 Å². The first kappa shape index (κ1) is 20.3. The van der Waals surface area contributed by atoms with Gasteiger partial charge in [-0.25, -0.2) is 4.79 Å². The van der Waals surface area contributed by atoms with Crippen molar-refractivity contribution in [2.45, 2.75) is 26.3 Å². The molecule has 1 rings (SSSR count). The number of hydrogen-bond donors (Lipinski definition) is 1. The third-order valence-electron chi connectivity index (χ3n) is 2.59. The Labute approximate surface area is 167 Å². The van der Waals surface area contributed by atoms with Crippen LogP contribution >= 0.6 is 0 Å². The van der Waals surface area contributed by atoms with E-state index < -0.39 is 18.0 Å². The summed E-state index contributed by atoms with van der Waals surface area (Å²) < 4.78 is 4.75. The predicted molar refractivity (Wildman–Crippen MR) is 72.5 cm³/mol. The van der Waals surface area contributed by atoms with Crippen LogP contribution in [0.15, 0.2) is 42.1 Å². The van der Waals surface area contributed by atoms with Crippen molar-refractivity contribution in [2.75, 3.05) is 6.61 Å². The van der Waals surface area contributed by atoms with Gasteiger partial charge in [-0.3, -0.25) is 0 Å². The van der Waals surface area contributed by atoms with Gasteiger partial charge >= 0.3 is 57.4 Å². The predicted octanol–water partition coefficient (Wildman–Crippen LogP) is -2.59. The largest absolute Gasteiger partial charge is 1.00 e. The fourth-order valence-electron chi connectivity index (χ4n) is 1.72. The van der Waals surface area contributed by atoms with Gasteiger partial charge in [0.15, 0.2) is 0 Å². The molecule has 0 aromatic heterocycles. The van der Waals surface area contributed by atoms with Gasteiger partial charge in [0.2, 0.25) is 0 Å². The third-order valence-corrected chi connectivity index (χ3v) is 2.59. The second kappa shape index (κ2) is 11.0. The first-order valence-corrected chi connectivity index (χ1v) is 6.39. The van der Waals surface area contributed by atoms with Crippen LogP contribution in [-0.2, 0) is 20.7 Å². The Morgan fingerprint density at radius 3 is 2.48 bits per heavy atom. The number of carboxylic acid groups (broad SMARTS) is 1. The van der Waals surface area contributed by atoms with E-state index in [1.54, 1.807) is 13.8 Å². The van der Waals surface area contributed by atoms with Crippen LogP contribution < -0.4 is 61.8 Å². The maximum Gasteiger partial charge on any atom is 1.00 e. The number of rotatable bonds is 7. The standard InChI is InChI=1S/C15H19NO4.K/c1-3-20-14(17)9-11(2)16-13(15(18)19)10-12-7-5-4-6-8-12;/h4-9,13,16H,3,10H2,1-2H3,(H,18,19);/q;+1/p-1/b11-9+;/t13-;/m1./s1. The third kappa shape index (κ3) is 8.38. The Morgan fingerprint density at radius 2 is 1.95 bits per heavy atom. The van der Waals surface area contributed by atoms with Crippen LogP contribution in [0.2, 0.25) is 0 Å². The zero-order chi connectivity index (χ0) is 15.0. The van der Waals surface area contributed by atoms with Gasteiger partial charge in [0.1, 0.15) is 0 Å². The van der Waals surface area contributed by atoms with Crippen LogP contribution in [0.25, 0.3) is 0 Å². The molecule has 0 heterocycles. The molecule has 1 N–H and O–H groups in total. The summed E-state index contributed by atoms with van der Waals surface area (Å²) in [4.78, 5) is 22.4. The summed E-state index contributed by atoms with van der Waals surface area (Å²) in [5, 5.41) is 13.9. The minimum atomic E-state index is -1.22. The maximum absolute atomic E-state index is 11.3. The fraction of sp³-hybridized carbons (Fsp3) is 0.333. The Hall–Kier alpha value is -0.664. The molecule has 1 atom stereocenters. The van der Waals surface area contributed by atoms with Crippen LogP contribution in [0.3, 0.4) is 0 Å². The molecule has 1 aromatic carbocycles. The van der Waals surface area contributed by atoms with E-state index in [1.807, 2.05) is 30.3 Å². The summed E-state index contributed by atoms with van der Waals surface area (Å²) in [6.45, 7) is 3.59.